The highest BCUT2D eigenvalue weighted by atomic mass is 16.1. The Morgan fingerprint density at radius 1 is 1.31 bits per heavy atom. The van der Waals surface area contributed by atoms with Crippen LogP contribution in [0.5, 0.6) is 0 Å². The highest BCUT2D eigenvalue weighted by Crippen LogP contribution is 2.05. The van der Waals surface area contributed by atoms with E-state index in [0.29, 0.717) is 12.0 Å². The lowest BCUT2D eigenvalue weighted by molar-refractivity contribution is -0.118. The van der Waals surface area contributed by atoms with Crippen LogP contribution in [-0.4, -0.2) is 25.0 Å². The molecule has 0 rings (SSSR count). The molecule has 3 heteroatoms. The zero-order valence-corrected chi connectivity index (χ0v) is 9.18. The average Bonchev–Trinajstić information content (AvgIpc) is 2.10. The SMILES string of the molecule is CCC(C)C(C)NCCNC(C)=O. The average molecular weight is 186 g/mol. The first-order chi connectivity index (χ1) is 6.07. The third-order valence-electron chi connectivity index (χ3n) is 2.46. The van der Waals surface area contributed by atoms with Crippen LogP contribution in [-0.2, 0) is 4.79 Å². The van der Waals surface area contributed by atoms with Crippen molar-refractivity contribution in [3.63, 3.8) is 0 Å². The summed E-state index contributed by atoms with van der Waals surface area (Å²) < 4.78 is 0. The van der Waals surface area contributed by atoms with Gasteiger partial charge < -0.3 is 10.6 Å². The first-order valence-corrected chi connectivity index (χ1v) is 5.05. The van der Waals surface area contributed by atoms with E-state index in [1.807, 2.05) is 0 Å². The summed E-state index contributed by atoms with van der Waals surface area (Å²) in [6, 6.07) is 0.527. The number of carbonyl (C=O) groups is 1. The first-order valence-electron chi connectivity index (χ1n) is 5.05. The van der Waals surface area contributed by atoms with Crippen LogP contribution in [0.3, 0.4) is 0 Å². The fourth-order valence-electron chi connectivity index (χ4n) is 1.09. The molecule has 0 fully saturated rings. The van der Waals surface area contributed by atoms with Gasteiger partial charge in [-0.15, -0.1) is 0 Å². The van der Waals surface area contributed by atoms with Gasteiger partial charge in [0.05, 0.1) is 0 Å². The molecule has 0 heterocycles. The van der Waals surface area contributed by atoms with Gasteiger partial charge in [0.1, 0.15) is 0 Å². The summed E-state index contributed by atoms with van der Waals surface area (Å²) in [7, 11) is 0. The minimum absolute atomic E-state index is 0.0398. The van der Waals surface area contributed by atoms with Crippen molar-refractivity contribution < 1.29 is 4.79 Å². The molecule has 78 valence electrons. The van der Waals surface area contributed by atoms with Gasteiger partial charge in [-0.05, 0) is 12.8 Å². The second-order valence-corrected chi connectivity index (χ2v) is 3.61. The maximum absolute atomic E-state index is 10.5. The van der Waals surface area contributed by atoms with Gasteiger partial charge in [0.25, 0.3) is 0 Å². The molecule has 0 aromatic rings. The second kappa shape index (κ2) is 6.89. The van der Waals surface area contributed by atoms with Crippen LogP contribution in [0.2, 0.25) is 0 Å². The van der Waals surface area contributed by atoms with Crippen molar-refractivity contribution in [2.24, 2.45) is 5.92 Å². The molecule has 0 radical (unpaired) electrons. The van der Waals surface area contributed by atoms with Crippen LogP contribution in [0.15, 0.2) is 0 Å². The second-order valence-electron chi connectivity index (χ2n) is 3.61. The largest absolute Gasteiger partial charge is 0.355 e. The molecular weight excluding hydrogens is 164 g/mol. The van der Waals surface area contributed by atoms with Crippen LogP contribution in [0.25, 0.3) is 0 Å². The van der Waals surface area contributed by atoms with Gasteiger partial charge in [-0.1, -0.05) is 20.3 Å². The molecule has 0 aliphatic carbocycles. The van der Waals surface area contributed by atoms with E-state index in [-0.39, 0.29) is 5.91 Å². The molecule has 2 unspecified atom stereocenters. The Balaban J connectivity index is 3.36. The van der Waals surface area contributed by atoms with Crippen LogP contribution in [0.4, 0.5) is 0 Å². The molecule has 2 N–H and O–H groups in total. The fourth-order valence-corrected chi connectivity index (χ4v) is 1.09. The minimum atomic E-state index is 0.0398. The van der Waals surface area contributed by atoms with Crippen molar-refractivity contribution in [2.75, 3.05) is 13.1 Å². The maximum Gasteiger partial charge on any atom is 0.216 e. The number of hydrogen-bond donors (Lipinski definition) is 2. The monoisotopic (exact) mass is 186 g/mol. The Kier molecular flexibility index (Phi) is 6.59. The summed E-state index contributed by atoms with van der Waals surface area (Å²) in [5.74, 6) is 0.732. The Morgan fingerprint density at radius 3 is 2.38 bits per heavy atom. The quantitative estimate of drug-likeness (QED) is 0.611. The van der Waals surface area contributed by atoms with Crippen molar-refractivity contribution in [3.05, 3.63) is 0 Å². The zero-order valence-electron chi connectivity index (χ0n) is 9.18. The Morgan fingerprint density at radius 2 is 1.92 bits per heavy atom. The molecule has 13 heavy (non-hydrogen) atoms. The maximum atomic E-state index is 10.5. The topological polar surface area (TPSA) is 41.1 Å². The lowest BCUT2D eigenvalue weighted by Gasteiger charge is -2.19. The predicted octanol–water partition coefficient (Wildman–Crippen LogP) is 1.15. The third kappa shape index (κ3) is 6.58. The number of rotatable bonds is 6. The van der Waals surface area contributed by atoms with Crippen LogP contribution < -0.4 is 10.6 Å². The third-order valence-corrected chi connectivity index (χ3v) is 2.46. The Bertz CT molecular complexity index is 148. The number of nitrogens with one attached hydrogen (secondary N) is 2. The van der Waals surface area contributed by atoms with Gasteiger partial charge in [-0.25, -0.2) is 0 Å². The van der Waals surface area contributed by atoms with Crippen LogP contribution in [0.1, 0.15) is 34.1 Å². The molecule has 0 aliphatic heterocycles. The first kappa shape index (κ1) is 12.4. The van der Waals surface area contributed by atoms with Gasteiger partial charge in [-0.3, -0.25) is 4.79 Å². The van der Waals surface area contributed by atoms with E-state index < -0.39 is 0 Å². The summed E-state index contributed by atoms with van der Waals surface area (Å²) in [6.07, 6.45) is 1.19. The molecule has 0 aromatic carbocycles. The highest BCUT2D eigenvalue weighted by Gasteiger charge is 2.07. The van der Waals surface area contributed by atoms with E-state index in [9.17, 15) is 4.79 Å². The van der Waals surface area contributed by atoms with Gasteiger partial charge in [-0.2, -0.15) is 0 Å². The van der Waals surface area contributed by atoms with Crippen molar-refractivity contribution >= 4 is 5.91 Å². The van der Waals surface area contributed by atoms with E-state index in [1.54, 1.807) is 0 Å². The molecule has 2 atom stereocenters. The molecule has 0 aromatic heterocycles. The van der Waals surface area contributed by atoms with Crippen molar-refractivity contribution in [3.8, 4) is 0 Å². The molecule has 0 saturated carbocycles. The number of amides is 1. The summed E-state index contributed by atoms with van der Waals surface area (Å²) in [6.45, 7) is 9.72. The summed E-state index contributed by atoms with van der Waals surface area (Å²) in [5, 5.41) is 6.13. The molecule has 0 saturated heterocycles. The standard InChI is InChI=1S/C10H22N2O/c1-5-8(2)9(3)11-6-7-12-10(4)13/h8-9,11H,5-7H2,1-4H3,(H,12,13). The summed E-state index contributed by atoms with van der Waals surface area (Å²) in [4.78, 5) is 10.5. The van der Waals surface area contributed by atoms with Crippen molar-refractivity contribution in [2.45, 2.75) is 40.2 Å². The molecule has 3 nitrogen and oxygen atoms in total. The summed E-state index contributed by atoms with van der Waals surface area (Å²) >= 11 is 0. The molecule has 0 bridgehead atoms. The van der Waals surface area contributed by atoms with E-state index in [0.717, 1.165) is 13.1 Å². The smallest absolute Gasteiger partial charge is 0.216 e. The summed E-state index contributed by atoms with van der Waals surface area (Å²) in [5.41, 5.74) is 0. The van der Waals surface area contributed by atoms with Gasteiger partial charge in [0.15, 0.2) is 0 Å². The lowest BCUT2D eigenvalue weighted by atomic mass is 10.0. The Hall–Kier alpha value is -0.570. The van der Waals surface area contributed by atoms with E-state index in [2.05, 4.69) is 31.4 Å². The number of carbonyl (C=O) groups excluding carboxylic acids is 1. The van der Waals surface area contributed by atoms with Crippen molar-refractivity contribution in [1.82, 2.24) is 10.6 Å². The molecular formula is C10H22N2O. The minimum Gasteiger partial charge on any atom is -0.355 e. The lowest BCUT2D eigenvalue weighted by Crippen LogP contribution is -2.37. The van der Waals surface area contributed by atoms with Gasteiger partial charge >= 0.3 is 0 Å². The fraction of sp³-hybridized carbons (Fsp3) is 0.900. The predicted molar refractivity (Wildman–Crippen MR) is 55.6 cm³/mol. The Labute approximate surface area is 81.3 Å². The zero-order chi connectivity index (χ0) is 10.3. The van der Waals surface area contributed by atoms with E-state index >= 15 is 0 Å². The molecule has 1 amide bonds. The van der Waals surface area contributed by atoms with Gasteiger partial charge in [0.2, 0.25) is 5.91 Å². The van der Waals surface area contributed by atoms with Crippen LogP contribution >= 0.6 is 0 Å². The van der Waals surface area contributed by atoms with Crippen molar-refractivity contribution in [1.29, 1.82) is 0 Å². The number of hydrogen-bond acceptors (Lipinski definition) is 2. The van der Waals surface area contributed by atoms with Crippen LogP contribution in [0, 0.1) is 5.92 Å². The molecule has 0 spiro atoms. The van der Waals surface area contributed by atoms with E-state index in [4.69, 9.17) is 0 Å². The van der Waals surface area contributed by atoms with Gasteiger partial charge in [0, 0.05) is 26.1 Å². The molecule has 0 aliphatic rings. The van der Waals surface area contributed by atoms with E-state index in [1.165, 1.54) is 13.3 Å². The highest BCUT2D eigenvalue weighted by molar-refractivity contribution is 5.72. The normalized spacial score (nSPS) is 15.1.